The highest BCUT2D eigenvalue weighted by Gasteiger charge is 2.10. The van der Waals surface area contributed by atoms with Crippen LogP contribution in [0.2, 0.25) is 5.28 Å². The first-order valence-corrected chi connectivity index (χ1v) is 7.89. The Bertz CT molecular complexity index is 966. The van der Waals surface area contributed by atoms with E-state index in [4.69, 9.17) is 16.6 Å². The topological polar surface area (TPSA) is 42.5 Å². The monoisotopic (exact) mass is 332 g/mol. The number of rotatable bonds is 3. The van der Waals surface area contributed by atoms with Gasteiger partial charge in [-0.15, -0.1) is 5.10 Å². The maximum Gasteiger partial charge on any atom is 0.243 e. The Morgan fingerprint density at radius 3 is 2.08 bits per heavy atom. The lowest BCUT2D eigenvalue weighted by Crippen LogP contribution is -2.02. The van der Waals surface area contributed by atoms with E-state index in [2.05, 4.69) is 10.1 Å². The fourth-order valence-electron chi connectivity index (χ4n) is 2.56. The second-order valence-electron chi connectivity index (χ2n) is 5.23. The summed E-state index contributed by atoms with van der Waals surface area (Å²) < 4.78 is 1.63. The van der Waals surface area contributed by atoms with Crippen molar-refractivity contribution in [2.45, 2.75) is 0 Å². The molecule has 2 aromatic heterocycles. The van der Waals surface area contributed by atoms with Crippen molar-refractivity contribution in [1.82, 2.24) is 14.6 Å². The molecule has 0 unspecified atom stereocenters. The molecule has 24 heavy (non-hydrogen) atoms. The average molecular weight is 333 g/mol. The third-order valence-corrected chi connectivity index (χ3v) is 3.80. The maximum atomic E-state index is 5.93. The van der Waals surface area contributed by atoms with Crippen LogP contribution >= 0.6 is 11.6 Å². The van der Waals surface area contributed by atoms with E-state index >= 15 is 0 Å². The van der Waals surface area contributed by atoms with E-state index in [9.17, 15) is 0 Å². The maximum absolute atomic E-state index is 5.93. The number of halogens is 1. The molecule has 0 fully saturated rings. The zero-order chi connectivity index (χ0) is 16.4. The van der Waals surface area contributed by atoms with Crippen LogP contribution < -0.4 is 0 Å². The molecule has 0 bridgehead atoms. The summed E-state index contributed by atoms with van der Waals surface area (Å²) in [5.41, 5.74) is 4.31. The first-order valence-electron chi connectivity index (χ1n) is 7.52. The number of hydrogen-bond donors (Lipinski definition) is 0. The summed E-state index contributed by atoms with van der Waals surface area (Å²) >= 11 is 5.93. The number of fused-ring (bicyclic) bond motifs is 1. The lowest BCUT2D eigenvalue weighted by Gasteiger charge is -2.08. The van der Waals surface area contributed by atoms with Gasteiger partial charge >= 0.3 is 0 Å². The largest absolute Gasteiger partial charge is 0.244 e. The Hall–Kier alpha value is -2.98. The predicted molar refractivity (Wildman–Crippen MR) is 96.2 cm³/mol. The highest BCUT2D eigenvalue weighted by atomic mass is 35.5. The Morgan fingerprint density at radius 2 is 1.46 bits per heavy atom. The van der Waals surface area contributed by atoms with Gasteiger partial charge in [-0.25, -0.2) is 9.51 Å². The minimum absolute atomic E-state index is 0.207. The summed E-state index contributed by atoms with van der Waals surface area (Å²) in [6, 6.07) is 24.0. The van der Waals surface area contributed by atoms with E-state index in [1.807, 2.05) is 72.8 Å². The van der Waals surface area contributed by atoms with Gasteiger partial charge < -0.3 is 0 Å². The molecule has 0 saturated heterocycles. The van der Waals surface area contributed by atoms with Gasteiger partial charge in [-0.3, -0.25) is 0 Å². The first-order chi connectivity index (χ1) is 11.8. The van der Waals surface area contributed by atoms with E-state index in [0.717, 1.165) is 22.5 Å². The summed E-state index contributed by atoms with van der Waals surface area (Å²) in [4.78, 5) is 9.14. The molecule has 0 spiro atoms. The second-order valence-corrected chi connectivity index (χ2v) is 5.57. The van der Waals surface area contributed by atoms with Crippen LogP contribution in [0.15, 0.2) is 84.0 Å². The normalized spacial score (nSPS) is 10.7. The van der Waals surface area contributed by atoms with E-state index in [-0.39, 0.29) is 5.28 Å². The Kier molecular flexibility index (Phi) is 3.81. The van der Waals surface area contributed by atoms with Gasteiger partial charge in [0.2, 0.25) is 5.28 Å². The van der Waals surface area contributed by atoms with Crippen LogP contribution in [0.1, 0.15) is 11.1 Å². The highest BCUT2D eigenvalue weighted by Crippen LogP contribution is 2.23. The Morgan fingerprint density at radius 1 is 0.833 bits per heavy atom. The van der Waals surface area contributed by atoms with Gasteiger partial charge in [-0.2, -0.15) is 4.98 Å². The Labute approximate surface area is 144 Å². The second kappa shape index (κ2) is 6.26. The molecule has 2 heterocycles. The van der Waals surface area contributed by atoms with Gasteiger partial charge in [0.1, 0.15) is 5.69 Å². The molecule has 116 valence electrons. The number of aromatic nitrogens is 3. The minimum Gasteiger partial charge on any atom is -0.244 e. The summed E-state index contributed by atoms with van der Waals surface area (Å²) in [5.74, 6) is 0. The standard InChI is InChI=1S/C19H13ClN4/c20-19-22-18-16(12-7-13-24(18)23-19)21-17(14-8-3-1-4-9-14)15-10-5-2-6-11-15/h1-13H. The van der Waals surface area contributed by atoms with Gasteiger partial charge in [0.15, 0.2) is 5.65 Å². The van der Waals surface area contributed by atoms with E-state index in [1.54, 1.807) is 10.7 Å². The van der Waals surface area contributed by atoms with Crippen LogP contribution in [-0.2, 0) is 0 Å². The lowest BCUT2D eigenvalue weighted by molar-refractivity contribution is 0.961. The number of pyridine rings is 1. The van der Waals surface area contributed by atoms with Crippen LogP contribution in [-0.4, -0.2) is 20.3 Å². The molecule has 2 aromatic carbocycles. The molecule has 0 aliphatic carbocycles. The van der Waals surface area contributed by atoms with E-state index in [0.29, 0.717) is 5.65 Å². The van der Waals surface area contributed by atoms with Gasteiger partial charge in [0, 0.05) is 17.3 Å². The molecular formula is C19H13ClN4. The molecule has 0 atom stereocenters. The van der Waals surface area contributed by atoms with Crippen molar-refractivity contribution in [1.29, 1.82) is 0 Å². The van der Waals surface area contributed by atoms with E-state index < -0.39 is 0 Å². The molecule has 0 aliphatic rings. The number of nitrogens with zero attached hydrogens (tertiary/aromatic N) is 4. The van der Waals surface area contributed by atoms with Crippen molar-refractivity contribution < 1.29 is 0 Å². The quantitative estimate of drug-likeness (QED) is 0.516. The Balaban J connectivity index is 1.94. The molecule has 0 saturated carbocycles. The number of aliphatic imine (C=N–C) groups is 1. The average Bonchev–Trinajstić information content (AvgIpc) is 3.02. The molecule has 0 amide bonds. The van der Waals surface area contributed by atoms with Crippen molar-refractivity contribution in [3.8, 4) is 0 Å². The molecular weight excluding hydrogens is 320 g/mol. The van der Waals surface area contributed by atoms with Gasteiger partial charge in [-0.05, 0) is 23.7 Å². The molecule has 0 aliphatic heterocycles. The minimum atomic E-state index is 0.207. The lowest BCUT2D eigenvalue weighted by atomic mass is 10.0. The van der Waals surface area contributed by atoms with Crippen LogP contribution in [0.4, 0.5) is 5.69 Å². The number of hydrogen-bond acceptors (Lipinski definition) is 3. The smallest absolute Gasteiger partial charge is 0.243 e. The molecule has 4 rings (SSSR count). The van der Waals surface area contributed by atoms with Crippen molar-refractivity contribution in [3.63, 3.8) is 0 Å². The van der Waals surface area contributed by atoms with E-state index in [1.165, 1.54) is 0 Å². The van der Waals surface area contributed by atoms with Crippen LogP contribution in [0, 0.1) is 0 Å². The molecule has 4 aromatic rings. The van der Waals surface area contributed by atoms with Gasteiger partial charge in [0.25, 0.3) is 0 Å². The zero-order valence-electron chi connectivity index (χ0n) is 12.7. The molecule has 5 heteroatoms. The number of benzene rings is 2. The molecule has 4 nitrogen and oxygen atoms in total. The first kappa shape index (κ1) is 14.6. The van der Waals surface area contributed by atoms with Crippen molar-refractivity contribution >= 4 is 28.6 Å². The summed E-state index contributed by atoms with van der Waals surface area (Å²) in [7, 11) is 0. The molecule has 0 N–H and O–H groups in total. The fourth-order valence-corrected chi connectivity index (χ4v) is 2.72. The van der Waals surface area contributed by atoms with Crippen molar-refractivity contribution in [2.24, 2.45) is 4.99 Å². The third-order valence-electron chi connectivity index (χ3n) is 3.64. The van der Waals surface area contributed by atoms with Crippen LogP contribution in [0.3, 0.4) is 0 Å². The summed E-state index contributed by atoms with van der Waals surface area (Å²) in [5, 5.41) is 4.34. The van der Waals surface area contributed by atoms with Crippen LogP contribution in [0.25, 0.3) is 5.65 Å². The van der Waals surface area contributed by atoms with Crippen LogP contribution in [0.5, 0.6) is 0 Å². The highest BCUT2D eigenvalue weighted by molar-refractivity contribution is 6.28. The summed E-state index contributed by atoms with van der Waals surface area (Å²) in [6.07, 6.45) is 1.80. The van der Waals surface area contributed by atoms with Crippen molar-refractivity contribution in [3.05, 3.63) is 95.4 Å². The molecule has 0 radical (unpaired) electrons. The fraction of sp³-hybridized carbons (Fsp3) is 0. The van der Waals surface area contributed by atoms with Crippen molar-refractivity contribution in [2.75, 3.05) is 0 Å². The SMILES string of the molecule is Clc1nc2c(N=C(c3ccccc3)c3ccccc3)cccn2n1. The third kappa shape index (κ3) is 2.79. The predicted octanol–water partition coefficient (Wildman–Crippen LogP) is 4.55. The summed E-state index contributed by atoms with van der Waals surface area (Å²) in [6.45, 7) is 0. The zero-order valence-corrected chi connectivity index (χ0v) is 13.4. The van der Waals surface area contributed by atoms with Gasteiger partial charge in [-0.1, -0.05) is 60.7 Å². The van der Waals surface area contributed by atoms with Gasteiger partial charge in [0.05, 0.1) is 5.71 Å².